The van der Waals surface area contributed by atoms with Crippen molar-refractivity contribution in [1.29, 1.82) is 0 Å². The lowest BCUT2D eigenvalue weighted by molar-refractivity contribution is -0.0494. The molecule has 0 aliphatic carbocycles. The van der Waals surface area contributed by atoms with E-state index in [2.05, 4.69) is 21.6 Å². The third kappa shape index (κ3) is 3.82. The largest absolute Gasteiger partial charge is 0.688 e. The van der Waals surface area contributed by atoms with Crippen LogP contribution >= 0.6 is 22.9 Å². The van der Waals surface area contributed by atoms with Crippen molar-refractivity contribution in [3.05, 3.63) is 34.0 Å². The van der Waals surface area contributed by atoms with Crippen LogP contribution in [0, 0.1) is 11.8 Å². The molecule has 4 nitrogen and oxygen atoms in total. The summed E-state index contributed by atoms with van der Waals surface area (Å²) in [5.74, 6) is 4.86. The van der Waals surface area contributed by atoms with Crippen molar-refractivity contribution in [2.24, 2.45) is 0 Å². The van der Waals surface area contributed by atoms with Crippen molar-refractivity contribution in [3.8, 4) is 28.8 Å². The molecule has 2 rings (SSSR count). The predicted octanol–water partition coefficient (Wildman–Crippen LogP) is 4.09. The van der Waals surface area contributed by atoms with E-state index in [1.807, 2.05) is 0 Å². The summed E-state index contributed by atoms with van der Waals surface area (Å²) in [5, 5.41) is 9.28. The molecule has 8 heteroatoms. The Kier molecular flexibility index (Phi) is 4.96. The number of benzene rings is 1. The van der Waals surface area contributed by atoms with Gasteiger partial charge >= 0.3 is 6.61 Å². The SMILES string of the molecule is [NH-]c1sc(C#CCO)nc1-c1cc(Cl)ccc1OC(F)F. The monoisotopic (exact) mass is 329 g/mol. The first-order valence-corrected chi connectivity index (χ1v) is 6.77. The summed E-state index contributed by atoms with van der Waals surface area (Å²) in [6.07, 6.45) is 0. The van der Waals surface area contributed by atoms with Crippen LogP contribution in [0.4, 0.5) is 13.8 Å². The second-order valence-corrected chi connectivity index (χ2v) is 5.11. The van der Waals surface area contributed by atoms with E-state index in [-0.39, 0.29) is 28.6 Å². The Balaban J connectivity index is 2.50. The molecule has 0 unspecified atom stereocenters. The summed E-state index contributed by atoms with van der Waals surface area (Å²) in [7, 11) is 0. The molecule has 0 aliphatic heterocycles. The first-order valence-electron chi connectivity index (χ1n) is 5.58. The lowest BCUT2D eigenvalue weighted by atomic mass is 10.1. The van der Waals surface area contributed by atoms with E-state index in [1.54, 1.807) is 0 Å². The number of ether oxygens (including phenoxy) is 1. The normalized spacial score (nSPS) is 10.3. The maximum absolute atomic E-state index is 12.4. The van der Waals surface area contributed by atoms with Gasteiger partial charge in [0.2, 0.25) is 0 Å². The highest BCUT2D eigenvalue weighted by Crippen LogP contribution is 2.40. The van der Waals surface area contributed by atoms with Crippen LogP contribution in [0.15, 0.2) is 18.2 Å². The van der Waals surface area contributed by atoms with Crippen LogP contribution in [-0.4, -0.2) is 23.3 Å². The van der Waals surface area contributed by atoms with Crippen molar-refractivity contribution < 1.29 is 18.6 Å². The fourth-order valence-corrected chi connectivity index (χ4v) is 2.44. The Hall–Kier alpha value is -1.88. The fraction of sp³-hybridized carbons (Fsp3) is 0.154. The van der Waals surface area contributed by atoms with E-state index in [1.165, 1.54) is 18.2 Å². The lowest BCUT2D eigenvalue weighted by Crippen LogP contribution is -2.03. The number of aliphatic hydroxyl groups is 1. The first kappa shape index (κ1) is 15.5. The van der Waals surface area contributed by atoms with Crippen molar-refractivity contribution in [1.82, 2.24) is 4.98 Å². The number of thiazole rings is 1. The zero-order chi connectivity index (χ0) is 15.4. The summed E-state index contributed by atoms with van der Waals surface area (Å²) >= 11 is 6.82. The third-order valence-electron chi connectivity index (χ3n) is 2.31. The van der Waals surface area contributed by atoms with E-state index in [9.17, 15) is 8.78 Å². The van der Waals surface area contributed by atoms with E-state index in [0.717, 1.165) is 11.3 Å². The van der Waals surface area contributed by atoms with Crippen LogP contribution in [0.3, 0.4) is 0 Å². The minimum absolute atomic E-state index is 0.0404. The van der Waals surface area contributed by atoms with Crippen molar-refractivity contribution >= 4 is 27.9 Å². The van der Waals surface area contributed by atoms with Gasteiger partial charge in [0.1, 0.15) is 12.4 Å². The van der Waals surface area contributed by atoms with Gasteiger partial charge in [0.05, 0.1) is 5.69 Å². The highest BCUT2D eigenvalue weighted by atomic mass is 35.5. The zero-order valence-corrected chi connectivity index (χ0v) is 11.9. The van der Waals surface area contributed by atoms with Crippen LogP contribution < -0.4 is 4.74 Å². The van der Waals surface area contributed by atoms with Gasteiger partial charge in [-0.1, -0.05) is 22.5 Å². The molecule has 0 saturated heterocycles. The molecule has 0 atom stereocenters. The Morgan fingerprint density at radius 2 is 2.24 bits per heavy atom. The molecule has 1 aromatic carbocycles. The molecule has 110 valence electrons. The Morgan fingerprint density at radius 1 is 1.48 bits per heavy atom. The predicted molar refractivity (Wildman–Crippen MR) is 77.1 cm³/mol. The number of aliphatic hydroxyl groups excluding tert-OH is 1. The second-order valence-electron chi connectivity index (χ2n) is 3.68. The molecule has 0 fully saturated rings. The van der Waals surface area contributed by atoms with Gasteiger partial charge in [-0.2, -0.15) is 8.78 Å². The highest BCUT2D eigenvalue weighted by molar-refractivity contribution is 7.16. The number of hydrogen-bond donors (Lipinski definition) is 1. The number of rotatable bonds is 3. The van der Waals surface area contributed by atoms with Crippen LogP contribution in [0.5, 0.6) is 5.75 Å². The maximum atomic E-state index is 12.4. The summed E-state index contributed by atoms with van der Waals surface area (Å²) in [6, 6.07) is 4.10. The lowest BCUT2D eigenvalue weighted by Gasteiger charge is -2.11. The number of nitrogens with zero attached hydrogens (tertiary/aromatic N) is 1. The second kappa shape index (κ2) is 6.72. The maximum Gasteiger partial charge on any atom is 0.387 e. The summed E-state index contributed by atoms with van der Waals surface area (Å²) in [6.45, 7) is -3.33. The van der Waals surface area contributed by atoms with Gasteiger partial charge in [0.25, 0.3) is 0 Å². The number of alkyl halides is 2. The fourth-order valence-electron chi connectivity index (χ4n) is 1.56. The van der Waals surface area contributed by atoms with E-state index in [0.29, 0.717) is 10.0 Å². The van der Waals surface area contributed by atoms with Gasteiger partial charge < -0.3 is 15.6 Å². The van der Waals surface area contributed by atoms with Crippen molar-refractivity contribution in [2.75, 3.05) is 6.61 Å². The molecule has 1 heterocycles. The summed E-state index contributed by atoms with van der Waals surface area (Å²) < 4.78 is 29.3. The average molecular weight is 330 g/mol. The molecule has 0 spiro atoms. The smallest absolute Gasteiger partial charge is 0.387 e. The van der Waals surface area contributed by atoms with Gasteiger partial charge in [0, 0.05) is 10.6 Å². The molecule has 21 heavy (non-hydrogen) atoms. The molecule has 0 amide bonds. The standard InChI is InChI=1S/C13H8ClF2N2O2S/c14-7-3-4-9(20-13(15)16)8(6-7)11-12(17)21-10(18-11)2-1-5-19/h3-4,6,13,17,19H,5H2/q-1. The first-order chi connectivity index (χ1) is 10.0. The number of aromatic nitrogens is 1. The van der Waals surface area contributed by atoms with Gasteiger partial charge in [-0.15, -0.1) is 11.3 Å². The molecule has 2 N–H and O–H groups in total. The van der Waals surface area contributed by atoms with Crippen molar-refractivity contribution in [3.63, 3.8) is 0 Å². The number of hydrogen-bond acceptors (Lipinski definition) is 4. The average Bonchev–Trinajstić information content (AvgIpc) is 2.79. The highest BCUT2D eigenvalue weighted by Gasteiger charge is 2.15. The summed E-state index contributed by atoms with van der Waals surface area (Å²) in [4.78, 5) is 4.09. The molecular weight excluding hydrogens is 322 g/mol. The molecule has 0 aliphatic rings. The van der Waals surface area contributed by atoms with E-state index >= 15 is 0 Å². The third-order valence-corrected chi connectivity index (χ3v) is 3.33. The quantitative estimate of drug-likeness (QED) is 0.862. The molecule has 2 aromatic rings. The molecule has 1 aromatic heterocycles. The minimum atomic E-state index is -2.99. The van der Waals surface area contributed by atoms with Crippen molar-refractivity contribution in [2.45, 2.75) is 6.61 Å². The van der Waals surface area contributed by atoms with Gasteiger partial charge in [-0.25, -0.2) is 4.98 Å². The molecule has 0 radical (unpaired) electrons. The van der Waals surface area contributed by atoms with Gasteiger partial charge in [-0.3, -0.25) is 0 Å². The molecular formula is C13H8ClF2N2O2S-. The van der Waals surface area contributed by atoms with Gasteiger partial charge in [-0.05, 0) is 24.1 Å². The van der Waals surface area contributed by atoms with Gasteiger partial charge in [0.15, 0.2) is 5.01 Å². The summed E-state index contributed by atoms with van der Waals surface area (Å²) in [5.41, 5.74) is 8.20. The zero-order valence-electron chi connectivity index (χ0n) is 10.4. The number of nitrogens with one attached hydrogen (secondary N) is 1. The van der Waals surface area contributed by atoms with Crippen LogP contribution in [-0.2, 0) is 0 Å². The van der Waals surface area contributed by atoms with Crippen LogP contribution in [0.2, 0.25) is 5.02 Å². The Labute approximate surface area is 128 Å². The molecule has 0 bridgehead atoms. The minimum Gasteiger partial charge on any atom is -0.688 e. The Bertz CT molecular complexity index is 710. The van der Waals surface area contributed by atoms with E-state index < -0.39 is 6.61 Å². The Morgan fingerprint density at radius 3 is 2.90 bits per heavy atom. The van der Waals surface area contributed by atoms with E-state index in [4.69, 9.17) is 22.4 Å². The molecule has 0 saturated carbocycles. The van der Waals surface area contributed by atoms with Crippen LogP contribution in [0.1, 0.15) is 5.01 Å². The topological polar surface area (TPSA) is 66.2 Å². The number of halogens is 3. The van der Waals surface area contributed by atoms with Crippen LogP contribution in [0.25, 0.3) is 17.0 Å².